The molecule has 0 spiro atoms. The maximum Gasteiger partial charge on any atom is 0.326 e. The van der Waals surface area contributed by atoms with E-state index in [2.05, 4.69) is 44.5 Å². The number of phenols is 1. The minimum absolute atomic E-state index is 0.0184. The van der Waals surface area contributed by atoms with Crippen molar-refractivity contribution in [3.8, 4) is 5.75 Å². The average molecular weight is 741 g/mol. The van der Waals surface area contributed by atoms with Crippen LogP contribution in [-0.4, -0.2) is 120 Å². The maximum atomic E-state index is 13.5. The molecular weight excluding hydrogens is 688 g/mol. The van der Waals surface area contributed by atoms with Gasteiger partial charge in [-0.3, -0.25) is 29.4 Å². The number of carboxylic acids is 1. The molecular formula is C30H52N12O8S. The fourth-order valence-electron chi connectivity index (χ4n) is 4.61. The van der Waals surface area contributed by atoms with Gasteiger partial charge < -0.3 is 70.8 Å². The van der Waals surface area contributed by atoms with E-state index in [0.717, 1.165) is 0 Å². The highest BCUT2D eigenvalue weighted by molar-refractivity contribution is 7.80. The Kier molecular flexibility index (Phi) is 20.6. The zero-order chi connectivity index (χ0) is 38.5. The van der Waals surface area contributed by atoms with Crippen LogP contribution >= 0.6 is 12.6 Å². The fourth-order valence-corrected chi connectivity index (χ4v) is 4.87. The molecule has 20 nitrogen and oxygen atoms in total. The number of aliphatic carboxylic acids is 1. The second-order valence-corrected chi connectivity index (χ2v) is 11.9. The van der Waals surface area contributed by atoms with Crippen LogP contribution in [0.2, 0.25) is 0 Å². The van der Waals surface area contributed by atoms with Gasteiger partial charge in [0.15, 0.2) is 5.96 Å². The van der Waals surface area contributed by atoms with Crippen LogP contribution in [-0.2, 0) is 35.2 Å². The summed E-state index contributed by atoms with van der Waals surface area (Å²) in [5.41, 5.74) is 28.4. The van der Waals surface area contributed by atoms with Gasteiger partial charge in [-0.25, -0.2) is 4.79 Å². The number of hydrogen-bond donors (Lipinski definition) is 15. The van der Waals surface area contributed by atoms with E-state index in [-0.39, 0.29) is 82.2 Å². The highest BCUT2D eigenvalue weighted by Gasteiger charge is 2.32. The van der Waals surface area contributed by atoms with Gasteiger partial charge in [-0.2, -0.15) is 12.6 Å². The summed E-state index contributed by atoms with van der Waals surface area (Å²) in [6.07, 6.45) is 0.168. The van der Waals surface area contributed by atoms with E-state index >= 15 is 0 Å². The van der Waals surface area contributed by atoms with Gasteiger partial charge in [-0.1, -0.05) is 12.1 Å². The predicted molar refractivity (Wildman–Crippen MR) is 191 cm³/mol. The molecule has 0 aliphatic rings. The number of carbonyl (C=O) groups excluding carboxylic acids is 5. The van der Waals surface area contributed by atoms with Crippen LogP contribution in [0.4, 0.5) is 0 Å². The van der Waals surface area contributed by atoms with E-state index in [0.29, 0.717) is 5.56 Å². The van der Waals surface area contributed by atoms with Crippen molar-refractivity contribution < 1.29 is 39.0 Å². The standard InChI is InChI=1S/C30H52N12O8S/c31-10-7-18(34)24(44)38-20(8-11-32)27(47)42-23(15-51)28(48)40-21(9-12-33)26(46)39-19(2-1-13-37-30(35)36)25(45)41-22(29(49)50)14-16-3-5-17(43)6-4-16/h3-6,18-23,43,51H,1-2,7-15,31-34H2,(H,38,44)(H,39,46)(H,40,48)(H,41,45)(H,42,47)(H,49,50)(H4,35,36,37)/t18-,19-,20-,21-,22-,23-/m0/s1. The Bertz CT molecular complexity index is 1320. The van der Waals surface area contributed by atoms with Crippen LogP contribution < -0.4 is 60.6 Å². The Hall–Kier alpha value is -4.70. The molecule has 6 atom stereocenters. The third-order valence-corrected chi connectivity index (χ3v) is 7.78. The smallest absolute Gasteiger partial charge is 0.326 e. The van der Waals surface area contributed by atoms with Gasteiger partial charge in [-0.05, 0) is 69.4 Å². The van der Waals surface area contributed by atoms with Crippen LogP contribution in [0.3, 0.4) is 0 Å². The van der Waals surface area contributed by atoms with Crippen molar-refractivity contribution in [3.63, 3.8) is 0 Å². The van der Waals surface area contributed by atoms with E-state index in [1.807, 2.05) is 0 Å². The molecule has 19 N–H and O–H groups in total. The Morgan fingerprint density at radius 3 is 1.57 bits per heavy atom. The van der Waals surface area contributed by atoms with Crippen molar-refractivity contribution in [2.24, 2.45) is 28.7 Å². The van der Waals surface area contributed by atoms with Gasteiger partial charge in [0.25, 0.3) is 0 Å². The minimum atomic E-state index is -1.40. The Labute approximate surface area is 301 Å². The molecule has 1 aromatic rings. The minimum Gasteiger partial charge on any atom is -0.508 e. The summed E-state index contributed by atoms with van der Waals surface area (Å²) in [6.45, 7) is 0.247. The van der Waals surface area contributed by atoms with E-state index in [9.17, 15) is 39.0 Å². The second-order valence-electron chi connectivity index (χ2n) is 11.5. The molecule has 0 radical (unpaired) electrons. The second kappa shape index (κ2) is 23.7. The molecule has 0 aliphatic heterocycles. The van der Waals surface area contributed by atoms with Crippen molar-refractivity contribution in [3.05, 3.63) is 29.8 Å². The summed E-state index contributed by atoms with van der Waals surface area (Å²) in [7, 11) is 0. The van der Waals surface area contributed by atoms with Crippen LogP contribution in [0.1, 0.15) is 37.7 Å². The third-order valence-electron chi connectivity index (χ3n) is 7.42. The predicted octanol–water partition coefficient (Wildman–Crippen LogP) is -4.99. The van der Waals surface area contributed by atoms with Crippen LogP contribution in [0.15, 0.2) is 24.3 Å². The van der Waals surface area contributed by atoms with Crippen molar-refractivity contribution >= 4 is 54.1 Å². The molecule has 1 aromatic carbocycles. The molecule has 0 aliphatic carbocycles. The van der Waals surface area contributed by atoms with Gasteiger partial charge in [0.1, 0.15) is 36.0 Å². The molecule has 286 valence electrons. The molecule has 0 unspecified atom stereocenters. The Balaban J connectivity index is 3.11. The van der Waals surface area contributed by atoms with Gasteiger partial charge in [0.2, 0.25) is 29.5 Å². The number of carbonyl (C=O) groups is 6. The van der Waals surface area contributed by atoms with E-state index in [4.69, 9.17) is 34.1 Å². The first kappa shape index (κ1) is 44.3. The number of aromatic hydroxyl groups is 1. The molecule has 0 fully saturated rings. The van der Waals surface area contributed by atoms with Gasteiger partial charge in [0.05, 0.1) is 6.04 Å². The van der Waals surface area contributed by atoms with Gasteiger partial charge in [0, 0.05) is 18.7 Å². The lowest BCUT2D eigenvalue weighted by Gasteiger charge is -2.26. The largest absolute Gasteiger partial charge is 0.508 e. The summed E-state index contributed by atoms with van der Waals surface area (Å²) >= 11 is 4.15. The number of carboxylic acid groups (broad SMARTS) is 1. The number of guanidine groups is 1. The number of rotatable bonds is 24. The molecule has 5 amide bonds. The molecule has 21 heteroatoms. The molecule has 1 rings (SSSR count). The number of hydrogen-bond acceptors (Lipinski definition) is 13. The first-order chi connectivity index (χ1) is 24.2. The Morgan fingerprint density at radius 1 is 0.686 bits per heavy atom. The number of benzene rings is 1. The summed E-state index contributed by atoms with van der Waals surface area (Å²) in [5, 5.41) is 41.6. The van der Waals surface area contributed by atoms with Crippen molar-refractivity contribution in [1.82, 2.24) is 31.9 Å². The number of amides is 5. The normalized spacial score (nSPS) is 14.4. The van der Waals surface area contributed by atoms with Crippen molar-refractivity contribution in [1.29, 1.82) is 5.41 Å². The molecule has 0 saturated carbocycles. The lowest BCUT2D eigenvalue weighted by molar-refractivity contribution is -0.142. The molecule has 51 heavy (non-hydrogen) atoms. The molecule has 0 heterocycles. The first-order valence-corrected chi connectivity index (χ1v) is 16.9. The lowest BCUT2D eigenvalue weighted by Crippen LogP contribution is -2.60. The van der Waals surface area contributed by atoms with Gasteiger partial charge in [-0.15, -0.1) is 0 Å². The highest BCUT2D eigenvalue weighted by Crippen LogP contribution is 2.12. The summed E-state index contributed by atoms with van der Waals surface area (Å²) in [4.78, 5) is 77.6. The zero-order valence-electron chi connectivity index (χ0n) is 28.2. The van der Waals surface area contributed by atoms with Crippen LogP contribution in [0, 0.1) is 5.41 Å². The maximum absolute atomic E-state index is 13.5. The molecule has 0 aromatic heterocycles. The number of phenolic OH excluding ortho intramolecular Hbond substituents is 1. The Morgan fingerprint density at radius 2 is 1.12 bits per heavy atom. The summed E-state index contributed by atoms with van der Waals surface area (Å²) in [6, 6.07) is -1.64. The molecule has 0 bridgehead atoms. The lowest BCUT2D eigenvalue weighted by atomic mass is 10.0. The fraction of sp³-hybridized carbons (Fsp3) is 0.567. The van der Waals surface area contributed by atoms with Crippen LogP contribution in [0.5, 0.6) is 5.75 Å². The third kappa shape index (κ3) is 16.7. The number of nitrogens with one attached hydrogen (secondary N) is 7. The topological polar surface area (TPSA) is 369 Å². The SMILES string of the molecule is N=C(N)NCCC[C@H](NC(=O)[C@H](CCN)NC(=O)[C@H](CS)NC(=O)[C@H](CCN)NC(=O)[C@@H](N)CCN)C(=O)N[C@@H](Cc1ccc(O)cc1)C(=O)O. The zero-order valence-corrected chi connectivity index (χ0v) is 29.1. The van der Waals surface area contributed by atoms with Gasteiger partial charge >= 0.3 is 5.97 Å². The average Bonchev–Trinajstić information content (AvgIpc) is 3.08. The summed E-state index contributed by atoms with van der Waals surface area (Å²) < 4.78 is 0. The number of nitrogens with two attached hydrogens (primary N) is 5. The van der Waals surface area contributed by atoms with Crippen molar-refractivity contribution in [2.75, 3.05) is 31.9 Å². The quantitative estimate of drug-likeness (QED) is 0.0204. The molecule has 0 saturated heterocycles. The van der Waals surface area contributed by atoms with Crippen LogP contribution in [0.25, 0.3) is 0 Å². The van der Waals surface area contributed by atoms with E-state index in [1.165, 1.54) is 24.3 Å². The first-order valence-electron chi connectivity index (χ1n) is 16.2. The monoisotopic (exact) mass is 740 g/mol. The number of thiol groups is 1. The summed E-state index contributed by atoms with van der Waals surface area (Å²) in [5.74, 6) is -5.78. The van der Waals surface area contributed by atoms with E-state index < -0.39 is 71.8 Å². The van der Waals surface area contributed by atoms with E-state index in [1.54, 1.807) is 0 Å². The highest BCUT2D eigenvalue weighted by atomic mass is 32.1. The van der Waals surface area contributed by atoms with Crippen molar-refractivity contribution in [2.45, 2.75) is 74.8 Å².